The number of allylic oxidation sites excluding steroid dienone is 4. The SMILES string of the molecule is CSC1=NC(N2CCc3[nH]c(C4=C(F)C=CCC4F)cc3C2)C(C)S1. The summed E-state index contributed by atoms with van der Waals surface area (Å²) in [4.78, 5) is 10.5. The zero-order chi connectivity index (χ0) is 17.6. The van der Waals surface area contributed by atoms with Gasteiger partial charge in [0.1, 0.15) is 22.5 Å². The smallest absolute Gasteiger partial charge is 0.133 e. The van der Waals surface area contributed by atoms with Crippen molar-refractivity contribution in [3.05, 3.63) is 41.0 Å². The molecule has 3 nitrogen and oxygen atoms in total. The van der Waals surface area contributed by atoms with Crippen LogP contribution in [0.1, 0.15) is 30.3 Å². The first-order valence-electron chi connectivity index (χ1n) is 8.50. The fraction of sp³-hybridized carbons (Fsp3) is 0.500. The van der Waals surface area contributed by atoms with Gasteiger partial charge in [0.25, 0.3) is 0 Å². The summed E-state index contributed by atoms with van der Waals surface area (Å²) in [5.41, 5.74) is 2.98. The number of hydrogen-bond acceptors (Lipinski definition) is 4. The summed E-state index contributed by atoms with van der Waals surface area (Å²) < 4.78 is 29.4. The van der Waals surface area contributed by atoms with Gasteiger partial charge in [-0.3, -0.25) is 9.89 Å². The molecule has 0 saturated carbocycles. The second-order valence-corrected chi connectivity index (χ2v) is 9.03. The van der Waals surface area contributed by atoms with Gasteiger partial charge in [-0.1, -0.05) is 17.8 Å². The van der Waals surface area contributed by atoms with Gasteiger partial charge in [0, 0.05) is 48.1 Å². The van der Waals surface area contributed by atoms with Crippen LogP contribution >= 0.6 is 23.5 Å². The van der Waals surface area contributed by atoms with E-state index in [1.54, 1.807) is 17.8 Å². The number of aliphatic imine (C=N–C) groups is 1. The minimum atomic E-state index is -1.28. The summed E-state index contributed by atoms with van der Waals surface area (Å²) >= 11 is 3.52. The molecule has 25 heavy (non-hydrogen) atoms. The van der Waals surface area contributed by atoms with E-state index in [-0.39, 0.29) is 18.2 Å². The third kappa shape index (κ3) is 3.22. The molecule has 2 aliphatic heterocycles. The van der Waals surface area contributed by atoms with Gasteiger partial charge in [0.15, 0.2) is 0 Å². The summed E-state index contributed by atoms with van der Waals surface area (Å²) in [6, 6.07) is 1.92. The Morgan fingerprint density at radius 2 is 2.28 bits per heavy atom. The minimum Gasteiger partial charge on any atom is -0.358 e. The first-order chi connectivity index (χ1) is 12.1. The third-order valence-electron chi connectivity index (χ3n) is 4.98. The Bertz CT molecular complexity index is 768. The van der Waals surface area contributed by atoms with Crippen LogP contribution in [0.15, 0.2) is 29.0 Å². The number of thioether (sulfide) groups is 2. The van der Waals surface area contributed by atoms with Crippen molar-refractivity contribution in [1.82, 2.24) is 9.88 Å². The molecule has 3 heterocycles. The standard InChI is InChI=1S/C18H21F2N3S2/c1-10-17(22-18(24-2)25-10)23-7-6-14-11(9-23)8-15(21-14)16-12(19)4-3-5-13(16)20/h3-4,8,10,13,17,21H,5-7,9H2,1-2H3. The summed E-state index contributed by atoms with van der Waals surface area (Å²) in [5, 5.41) is 0.432. The van der Waals surface area contributed by atoms with Crippen molar-refractivity contribution < 1.29 is 8.78 Å². The van der Waals surface area contributed by atoms with Crippen molar-refractivity contribution in [3.8, 4) is 0 Å². The molecule has 0 spiro atoms. The molecular formula is C18H21F2N3S2. The molecule has 0 fully saturated rings. The highest BCUT2D eigenvalue weighted by Gasteiger charge is 2.34. The van der Waals surface area contributed by atoms with E-state index in [9.17, 15) is 8.78 Å². The van der Waals surface area contributed by atoms with Crippen LogP contribution in [-0.2, 0) is 13.0 Å². The Morgan fingerprint density at radius 3 is 3.00 bits per heavy atom. The van der Waals surface area contributed by atoms with Crippen molar-refractivity contribution >= 4 is 33.5 Å². The highest BCUT2D eigenvalue weighted by molar-refractivity contribution is 8.39. The number of H-pyrrole nitrogens is 1. The number of nitrogens with zero attached hydrogens (tertiary/aromatic N) is 2. The average molecular weight is 382 g/mol. The molecule has 1 N–H and O–H groups in total. The second-order valence-electron chi connectivity index (χ2n) is 6.61. The molecule has 3 unspecified atom stereocenters. The Balaban J connectivity index is 1.58. The average Bonchev–Trinajstić information content (AvgIpc) is 3.17. The maximum atomic E-state index is 14.2. The Kier molecular flexibility index (Phi) is 4.81. The number of aromatic nitrogens is 1. The summed E-state index contributed by atoms with van der Waals surface area (Å²) in [6.07, 6.45) is 4.98. The molecule has 0 bridgehead atoms. The van der Waals surface area contributed by atoms with Gasteiger partial charge in [-0.25, -0.2) is 8.78 Å². The zero-order valence-corrected chi connectivity index (χ0v) is 15.9. The molecule has 0 aromatic carbocycles. The van der Waals surface area contributed by atoms with Crippen LogP contribution in [0.25, 0.3) is 5.57 Å². The first-order valence-corrected chi connectivity index (χ1v) is 10.6. The molecule has 1 aromatic heterocycles. The van der Waals surface area contributed by atoms with Crippen LogP contribution < -0.4 is 0 Å². The molecule has 7 heteroatoms. The van der Waals surface area contributed by atoms with Crippen LogP contribution in [0.4, 0.5) is 8.78 Å². The van der Waals surface area contributed by atoms with Crippen molar-refractivity contribution in [3.63, 3.8) is 0 Å². The van der Waals surface area contributed by atoms with Crippen LogP contribution in [0.5, 0.6) is 0 Å². The Morgan fingerprint density at radius 1 is 1.44 bits per heavy atom. The molecule has 0 radical (unpaired) electrons. The maximum Gasteiger partial charge on any atom is 0.133 e. The number of fused-ring (bicyclic) bond motifs is 1. The lowest BCUT2D eigenvalue weighted by atomic mass is 9.98. The normalized spacial score (nSPS) is 29.9. The topological polar surface area (TPSA) is 31.4 Å². The Hall–Kier alpha value is -1.05. The predicted molar refractivity (Wildman–Crippen MR) is 103 cm³/mol. The number of nitrogens with one attached hydrogen (secondary N) is 1. The monoisotopic (exact) mass is 381 g/mol. The highest BCUT2D eigenvalue weighted by Crippen LogP contribution is 2.37. The molecule has 1 aromatic rings. The molecule has 0 saturated heterocycles. The third-order valence-corrected chi connectivity index (χ3v) is 7.14. The maximum absolute atomic E-state index is 14.2. The number of halogens is 2. The van der Waals surface area contributed by atoms with Gasteiger partial charge in [-0.2, -0.15) is 0 Å². The van der Waals surface area contributed by atoms with Crippen LogP contribution in [0.3, 0.4) is 0 Å². The predicted octanol–water partition coefficient (Wildman–Crippen LogP) is 4.53. The van der Waals surface area contributed by atoms with Gasteiger partial charge < -0.3 is 4.98 Å². The van der Waals surface area contributed by atoms with Gasteiger partial charge in [0.05, 0.1) is 0 Å². The van der Waals surface area contributed by atoms with E-state index in [0.29, 0.717) is 10.9 Å². The Labute approximate surface area is 155 Å². The molecule has 3 atom stereocenters. The van der Waals surface area contributed by atoms with E-state index in [1.165, 1.54) is 6.08 Å². The van der Waals surface area contributed by atoms with Gasteiger partial charge in [-0.15, -0.1) is 11.8 Å². The minimum absolute atomic E-state index is 0.163. The molecular weight excluding hydrogens is 360 g/mol. The molecule has 4 rings (SSSR count). The zero-order valence-electron chi connectivity index (χ0n) is 14.3. The van der Waals surface area contributed by atoms with Crippen LogP contribution in [0, 0.1) is 0 Å². The lowest BCUT2D eigenvalue weighted by molar-refractivity contribution is 0.185. The molecule has 3 aliphatic rings. The van der Waals surface area contributed by atoms with E-state index >= 15 is 0 Å². The second kappa shape index (κ2) is 6.93. The molecule has 0 amide bonds. The number of rotatable bonds is 2. The lowest BCUT2D eigenvalue weighted by Gasteiger charge is -2.32. The molecule has 1 aliphatic carbocycles. The largest absolute Gasteiger partial charge is 0.358 e. The number of hydrogen-bond donors (Lipinski definition) is 1. The van der Waals surface area contributed by atoms with Crippen molar-refractivity contribution in [1.29, 1.82) is 0 Å². The van der Waals surface area contributed by atoms with E-state index in [1.807, 2.05) is 17.8 Å². The first kappa shape index (κ1) is 17.4. The van der Waals surface area contributed by atoms with Crippen molar-refractivity contribution in [2.45, 2.75) is 43.9 Å². The van der Waals surface area contributed by atoms with Gasteiger partial charge in [-0.05, 0) is 30.9 Å². The van der Waals surface area contributed by atoms with Crippen molar-refractivity contribution in [2.75, 3.05) is 12.8 Å². The van der Waals surface area contributed by atoms with Crippen LogP contribution in [0.2, 0.25) is 0 Å². The quantitative estimate of drug-likeness (QED) is 0.817. The number of aromatic amines is 1. The molecule has 134 valence electrons. The fourth-order valence-electron chi connectivity index (χ4n) is 3.72. The fourth-order valence-corrected chi connectivity index (χ4v) is 5.61. The number of alkyl halides is 1. The van der Waals surface area contributed by atoms with Crippen molar-refractivity contribution in [2.24, 2.45) is 4.99 Å². The van der Waals surface area contributed by atoms with E-state index in [2.05, 4.69) is 23.1 Å². The summed E-state index contributed by atoms with van der Waals surface area (Å²) in [7, 11) is 0. The van der Waals surface area contributed by atoms with E-state index in [4.69, 9.17) is 4.99 Å². The van der Waals surface area contributed by atoms with Crippen LogP contribution in [-0.4, -0.2) is 44.6 Å². The van der Waals surface area contributed by atoms with Gasteiger partial charge in [0.2, 0.25) is 0 Å². The summed E-state index contributed by atoms with van der Waals surface area (Å²) in [5.74, 6) is -0.468. The summed E-state index contributed by atoms with van der Waals surface area (Å²) in [6.45, 7) is 3.89. The lowest BCUT2D eigenvalue weighted by Crippen LogP contribution is -2.41. The highest BCUT2D eigenvalue weighted by atomic mass is 32.2. The van der Waals surface area contributed by atoms with E-state index in [0.717, 1.165) is 35.1 Å². The van der Waals surface area contributed by atoms with Gasteiger partial charge >= 0.3 is 0 Å². The van der Waals surface area contributed by atoms with E-state index < -0.39 is 12.0 Å².